The quantitative estimate of drug-likeness (QED) is 0.769. The van der Waals surface area contributed by atoms with Gasteiger partial charge in [0, 0.05) is 17.5 Å². The Morgan fingerprint density at radius 3 is 2.74 bits per heavy atom. The molecular weight excluding hydrogens is 294 g/mol. The summed E-state index contributed by atoms with van der Waals surface area (Å²) in [7, 11) is 0. The third kappa shape index (κ3) is 2.73. The Morgan fingerprint density at radius 1 is 1.17 bits per heavy atom. The predicted molar refractivity (Wildman–Crippen MR) is 81.6 cm³/mol. The number of furan rings is 1. The molecule has 3 aromatic rings. The minimum atomic E-state index is -0.191. The fourth-order valence-corrected chi connectivity index (χ4v) is 2.76. The van der Waals surface area contributed by atoms with Crippen LogP contribution in [0.15, 0.2) is 46.9 Å². The van der Waals surface area contributed by atoms with Crippen LogP contribution in [0.2, 0.25) is 0 Å². The lowest BCUT2D eigenvalue weighted by atomic mass is 9.80. The number of nitrogens with one attached hydrogen (secondary N) is 2. The molecule has 1 amide bonds. The second-order valence-electron chi connectivity index (χ2n) is 5.64. The number of aromatic nitrogens is 4. The van der Waals surface area contributed by atoms with Gasteiger partial charge in [-0.05, 0) is 25.0 Å². The summed E-state index contributed by atoms with van der Waals surface area (Å²) in [6.45, 7) is 0. The van der Waals surface area contributed by atoms with Crippen molar-refractivity contribution in [1.82, 2.24) is 25.9 Å². The van der Waals surface area contributed by atoms with Crippen LogP contribution in [-0.4, -0.2) is 32.6 Å². The van der Waals surface area contributed by atoms with Crippen LogP contribution in [-0.2, 0) is 0 Å². The molecule has 1 aliphatic carbocycles. The number of carbonyl (C=O) groups is 1. The van der Waals surface area contributed by atoms with E-state index >= 15 is 0 Å². The molecule has 0 radical (unpaired) electrons. The van der Waals surface area contributed by atoms with Crippen LogP contribution in [0.4, 0.5) is 0 Å². The molecule has 1 aromatic carbocycles. The van der Waals surface area contributed by atoms with E-state index in [1.807, 2.05) is 36.4 Å². The Balaban J connectivity index is 1.36. The molecule has 0 bridgehead atoms. The summed E-state index contributed by atoms with van der Waals surface area (Å²) >= 11 is 0. The van der Waals surface area contributed by atoms with Gasteiger partial charge >= 0.3 is 0 Å². The maximum Gasteiger partial charge on any atom is 0.287 e. The zero-order valence-corrected chi connectivity index (χ0v) is 12.3. The number of H-pyrrole nitrogens is 1. The second-order valence-corrected chi connectivity index (χ2v) is 5.64. The van der Waals surface area contributed by atoms with E-state index in [1.165, 1.54) is 0 Å². The topological polar surface area (TPSA) is 96.7 Å². The van der Waals surface area contributed by atoms with Gasteiger partial charge in [0.1, 0.15) is 5.76 Å². The monoisotopic (exact) mass is 309 g/mol. The van der Waals surface area contributed by atoms with Crippen LogP contribution in [0.1, 0.15) is 35.1 Å². The standard InChI is InChI=1S/C16H15N5O2/c22-16(17-12-8-11(9-12)15-18-20-21-19-15)14-7-6-13(23-14)10-4-2-1-3-5-10/h1-7,11-12H,8-9H2,(H,17,22)(H,18,19,20,21). The van der Waals surface area contributed by atoms with Crippen LogP contribution in [0.3, 0.4) is 0 Å². The average molecular weight is 309 g/mol. The lowest BCUT2D eigenvalue weighted by Gasteiger charge is -2.33. The van der Waals surface area contributed by atoms with E-state index in [0.29, 0.717) is 17.3 Å². The van der Waals surface area contributed by atoms with Gasteiger partial charge in [-0.1, -0.05) is 35.5 Å². The number of hydrogen-bond donors (Lipinski definition) is 2. The molecule has 23 heavy (non-hydrogen) atoms. The van der Waals surface area contributed by atoms with E-state index in [1.54, 1.807) is 6.07 Å². The van der Waals surface area contributed by atoms with E-state index in [2.05, 4.69) is 25.9 Å². The highest BCUT2D eigenvalue weighted by Gasteiger charge is 2.34. The van der Waals surface area contributed by atoms with Crippen molar-refractivity contribution in [2.75, 3.05) is 0 Å². The van der Waals surface area contributed by atoms with Crippen LogP contribution >= 0.6 is 0 Å². The van der Waals surface area contributed by atoms with Crippen molar-refractivity contribution in [3.8, 4) is 11.3 Å². The summed E-state index contributed by atoms with van der Waals surface area (Å²) in [6.07, 6.45) is 1.63. The Morgan fingerprint density at radius 2 is 2.00 bits per heavy atom. The summed E-state index contributed by atoms with van der Waals surface area (Å²) < 4.78 is 5.65. The Kier molecular flexibility index (Phi) is 3.38. The summed E-state index contributed by atoms with van der Waals surface area (Å²) in [5, 5.41) is 16.9. The van der Waals surface area contributed by atoms with Gasteiger partial charge in [-0.25, -0.2) is 0 Å². The third-order valence-corrected chi connectivity index (χ3v) is 4.09. The largest absolute Gasteiger partial charge is 0.451 e. The molecule has 4 rings (SSSR count). The molecule has 2 heterocycles. The first kappa shape index (κ1) is 13.7. The normalized spacial score (nSPS) is 20.0. The molecule has 7 heteroatoms. The van der Waals surface area contributed by atoms with E-state index in [-0.39, 0.29) is 17.9 Å². The van der Waals surface area contributed by atoms with Crippen molar-refractivity contribution >= 4 is 5.91 Å². The van der Waals surface area contributed by atoms with E-state index in [0.717, 1.165) is 18.4 Å². The van der Waals surface area contributed by atoms with Crippen LogP contribution in [0.25, 0.3) is 11.3 Å². The molecule has 1 saturated carbocycles. The van der Waals surface area contributed by atoms with Crippen molar-refractivity contribution in [1.29, 1.82) is 0 Å². The molecule has 0 atom stereocenters. The van der Waals surface area contributed by atoms with Crippen molar-refractivity contribution in [2.24, 2.45) is 0 Å². The fourth-order valence-electron chi connectivity index (χ4n) is 2.76. The zero-order chi connectivity index (χ0) is 15.6. The van der Waals surface area contributed by atoms with Crippen molar-refractivity contribution < 1.29 is 9.21 Å². The number of benzene rings is 1. The first-order chi connectivity index (χ1) is 11.3. The molecule has 0 spiro atoms. The molecule has 1 fully saturated rings. The van der Waals surface area contributed by atoms with E-state index in [9.17, 15) is 4.79 Å². The highest BCUT2D eigenvalue weighted by atomic mass is 16.3. The van der Waals surface area contributed by atoms with Crippen molar-refractivity contribution in [2.45, 2.75) is 24.8 Å². The number of rotatable bonds is 4. The summed E-state index contributed by atoms with van der Waals surface area (Å²) in [5.41, 5.74) is 0.951. The number of tetrazole rings is 1. The Hall–Kier alpha value is -2.96. The zero-order valence-electron chi connectivity index (χ0n) is 12.3. The lowest BCUT2D eigenvalue weighted by Crippen LogP contribution is -2.43. The number of carbonyl (C=O) groups excluding carboxylic acids is 1. The highest BCUT2D eigenvalue weighted by molar-refractivity contribution is 5.92. The number of amides is 1. The average Bonchev–Trinajstić information content (AvgIpc) is 3.22. The number of nitrogens with zero attached hydrogens (tertiary/aromatic N) is 3. The van der Waals surface area contributed by atoms with Gasteiger partial charge in [-0.15, -0.1) is 10.2 Å². The van der Waals surface area contributed by atoms with Gasteiger partial charge in [0.25, 0.3) is 5.91 Å². The first-order valence-corrected chi connectivity index (χ1v) is 7.49. The molecule has 7 nitrogen and oxygen atoms in total. The molecular formula is C16H15N5O2. The lowest BCUT2D eigenvalue weighted by molar-refractivity contribution is 0.0880. The smallest absolute Gasteiger partial charge is 0.287 e. The molecule has 0 unspecified atom stereocenters. The van der Waals surface area contributed by atoms with E-state index < -0.39 is 0 Å². The third-order valence-electron chi connectivity index (χ3n) is 4.09. The van der Waals surface area contributed by atoms with Gasteiger partial charge in [-0.3, -0.25) is 4.79 Å². The summed E-state index contributed by atoms with van der Waals surface area (Å²) in [4.78, 5) is 12.2. The van der Waals surface area contributed by atoms with Crippen LogP contribution in [0.5, 0.6) is 0 Å². The van der Waals surface area contributed by atoms with Crippen molar-refractivity contribution in [3.05, 3.63) is 54.0 Å². The van der Waals surface area contributed by atoms with Crippen LogP contribution < -0.4 is 5.32 Å². The number of hydrogen-bond acceptors (Lipinski definition) is 5. The van der Waals surface area contributed by atoms with E-state index in [4.69, 9.17) is 4.42 Å². The van der Waals surface area contributed by atoms with Crippen LogP contribution in [0, 0.1) is 0 Å². The van der Waals surface area contributed by atoms with Gasteiger partial charge in [0.2, 0.25) is 0 Å². The predicted octanol–water partition coefficient (Wildman–Crippen LogP) is 2.14. The molecule has 116 valence electrons. The maximum atomic E-state index is 12.2. The minimum Gasteiger partial charge on any atom is -0.451 e. The van der Waals surface area contributed by atoms with Gasteiger partial charge in [-0.2, -0.15) is 5.21 Å². The van der Waals surface area contributed by atoms with Gasteiger partial charge < -0.3 is 9.73 Å². The van der Waals surface area contributed by atoms with Gasteiger partial charge in [0.15, 0.2) is 11.6 Å². The minimum absolute atomic E-state index is 0.122. The number of aromatic amines is 1. The summed E-state index contributed by atoms with van der Waals surface area (Å²) in [5.74, 6) is 1.79. The Labute approximate surface area is 132 Å². The first-order valence-electron chi connectivity index (χ1n) is 7.49. The molecule has 2 N–H and O–H groups in total. The van der Waals surface area contributed by atoms with Gasteiger partial charge in [0.05, 0.1) is 0 Å². The molecule has 2 aromatic heterocycles. The fraction of sp³-hybridized carbons (Fsp3) is 0.250. The SMILES string of the molecule is O=C(NC1CC(c2nn[nH]n2)C1)c1ccc(-c2ccccc2)o1. The molecule has 1 aliphatic rings. The Bertz CT molecular complexity index is 791. The maximum absolute atomic E-state index is 12.2. The van der Waals surface area contributed by atoms with Crippen molar-refractivity contribution in [3.63, 3.8) is 0 Å². The molecule has 0 saturated heterocycles. The summed E-state index contributed by atoms with van der Waals surface area (Å²) in [6, 6.07) is 13.3. The second kappa shape index (κ2) is 5.68. The highest BCUT2D eigenvalue weighted by Crippen LogP contribution is 2.34. The molecule has 0 aliphatic heterocycles.